The van der Waals surface area contributed by atoms with Gasteiger partial charge >= 0.3 is 0 Å². The summed E-state index contributed by atoms with van der Waals surface area (Å²) in [4.78, 5) is 12.2. The molecule has 2 N–H and O–H groups in total. The molecule has 1 aromatic heterocycles. The smallest absolute Gasteiger partial charge is 0.255 e. The van der Waals surface area contributed by atoms with Crippen molar-refractivity contribution in [2.24, 2.45) is 0 Å². The van der Waals surface area contributed by atoms with Gasteiger partial charge in [-0.05, 0) is 48.0 Å². The molecule has 1 heterocycles. The number of anilines is 1. The van der Waals surface area contributed by atoms with Crippen molar-refractivity contribution in [1.29, 1.82) is 0 Å². The van der Waals surface area contributed by atoms with Gasteiger partial charge in [0, 0.05) is 16.8 Å². The van der Waals surface area contributed by atoms with Crippen LogP contribution in [0.4, 0.5) is 5.69 Å². The Morgan fingerprint density at radius 1 is 1.10 bits per heavy atom. The molecule has 0 bridgehead atoms. The molecule has 0 spiro atoms. The summed E-state index contributed by atoms with van der Waals surface area (Å²) in [5.41, 5.74) is 3.16. The largest absolute Gasteiger partial charge is 0.322 e. The average molecular weight is 279 g/mol. The highest BCUT2D eigenvalue weighted by Crippen LogP contribution is 2.18. The standard InChI is InChI=1S/C15H13N5O/c1-10-4-2-3-5-13(10)15(21)16-12-8-6-11(7-9-12)14-17-19-20-18-14/h2-9H,1H3,(H,16,21)(H,17,18,19,20). The number of aryl methyl sites for hydroxylation is 1. The van der Waals surface area contributed by atoms with Crippen molar-refractivity contribution in [2.75, 3.05) is 5.32 Å². The summed E-state index contributed by atoms with van der Waals surface area (Å²) in [6, 6.07) is 14.8. The highest BCUT2D eigenvalue weighted by atomic mass is 16.1. The van der Waals surface area contributed by atoms with Crippen LogP contribution in [0.25, 0.3) is 11.4 Å². The average Bonchev–Trinajstić information content (AvgIpc) is 3.02. The molecule has 6 nitrogen and oxygen atoms in total. The third-order valence-electron chi connectivity index (χ3n) is 3.14. The van der Waals surface area contributed by atoms with Crippen molar-refractivity contribution in [3.63, 3.8) is 0 Å². The number of hydrogen-bond acceptors (Lipinski definition) is 4. The van der Waals surface area contributed by atoms with Crippen LogP contribution in [0.1, 0.15) is 15.9 Å². The molecule has 3 aromatic rings. The van der Waals surface area contributed by atoms with Gasteiger partial charge in [0.2, 0.25) is 5.82 Å². The minimum Gasteiger partial charge on any atom is -0.322 e. The van der Waals surface area contributed by atoms with E-state index in [9.17, 15) is 4.79 Å². The lowest BCUT2D eigenvalue weighted by Crippen LogP contribution is -2.13. The topological polar surface area (TPSA) is 83.6 Å². The van der Waals surface area contributed by atoms with Crippen LogP contribution in [0.5, 0.6) is 0 Å². The van der Waals surface area contributed by atoms with Gasteiger partial charge in [-0.25, -0.2) is 0 Å². The van der Waals surface area contributed by atoms with Crippen LogP contribution >= 0.6 is 0 Å². The molecule has 6 heteroatoms. The van der Waals surface area contributed by atoms with E-state index in [0.29, 0.717) is 11.4 Å². The van der Waals surface area contributed by atoms with E-state index in [1.165, 1.54) is 0 Å². The number of carbonyl (C=O) groups is 1. The fourth-order valence-corrected chi connectivity index (χ4v) is 2.01. The van der Waals surface area contributed by atoms with Gasteiger partial charge in [-0.1, -0.05) is 18.2 Å². The van der Waals surface area contributed by atoms with Crippen LogP contribution in [-0.4, -0.2) is 26.5 Å². The maximum absolute atomic E-state index is 12.2. The first-order chi connectivity index (χ1) is 10.2. The minimum absolute atomic E-state index is 0.125. The first-order valence-corrected chi connectivity index (χ1v) is 6.45. The van der Waals surface area contributed by atoms with Gasteiger partial charge in [0.15, 0.2) is 0 Å². The molecule has 0 aliphatic rings. The highest BCUT2D eigenvalue weighted by Gasteiger charge is 2.09. The molecule has 0 aliphatic carbocycles. The molecule has 2 aromatic carbocycles. The molecule has 0 radical (unpaired) electrons. The molecule has 0 saturated heterocycles. The summed E-state index contributed by atoms with van der Waals surface area (Å²) in [7, 11) is 0. The van der Waals surface area contributed by atoms with Crippen LogP contribution in [0, 0.1) is 6.92 Å². The Balaban J connectivity index is 1.77. The van der Waals surface area contributed by atoms with Gasteiger partial charge in [0.1, 0.15) is 0 Å². The summed E-state index contributed by atoms with van der Waals surface area (Å²) in [6.07, 6.45) is 0. The van der Waals surface area contributed by atoms with Gasteiger partial charge in [-0.2, -0.15) is 5.21 Å². The lowest BCUT2D eigenvalue weighted by molar-refractivity contribution is 0.102. The van der Waals surface area contributed by atoms with Gasteiger partial charge in [0.25, 0.3) is 5.91 Å². The monoisotopic (exact) mass is 279 g/mol. The van der Waals surface area contributed by atoms with E-state index in [1.54, 1.807) is 6.07 Å². The Labute approximate surface area is 121 Å². The number of aromatic nitrogens is 4. The molecule has 3 rings (SSSR count). The molecule has 0 saturated carbocycles. The lowest BCUT2D eigenvalue weighted by Gasteiger charge is -2.07. The lowest BCUT2D eigenvalue weighted by atomic mass is 10.1. The molecule has 0 aliphatic heterocycles. The fraction of sp³-hybridized carbons (Fsp3) is 0.0667. The van der Waals surface area contributed by atoms with Crippen molar-refractivity contribution in [1.82, 2.24) is 20.6 Å². The maximum Gasteiger partial charge on any atom is 0.255 e. The molecular weight excluding hydrogens is 266 g/mol. The van der Waals surface area contributed by atoms with Crippen molar-refractivity contribution in [3.05, 3.63) is 59.7 Å². The Hall–Kier alpha value is -3.02. The number of hydrogen-bond donors (Lipinski definition) is 2. The third kappa shape index (κ3) is 2.79. The number of aromatic amines is 1. The normalized spacial score (nSPS) is 10.3. The number of benzene rings is 2. The molecule has 1 amide bonds. The van der Waals surface area contributed by atoms with Crippen molar-refractivity contribution in [2.45, 2.75) is 6.92 Å². The van der Waals surface area contributed by atoms with Gasteiger partial charge < -0.3 is 5.32 Å². The zero-order chi connectivity index (χ0) is 14.7. The second-order valence-electron chi connectivity index (χ2n) is 4.58. The first kappa shape index (κ1) is 13.0. The van der Waals surface area contributed by atoms with Crippen LogP contribution in [0.15, 0.2) is 48.5 Å². The number of tetrazole rings is 1. The van der Waals surface area contributed by atoms with Crippen LogP contribution in [-0.2, 0) is 0 Å². The number of carbonyl (C=O) groups excluding carboxylic acids is 1. The van der Waals surface area contributed by atoms with Crippen LogP contribution in [0.2, 0.25) is 0 Å². The first-order valence-electron chi connectivity index (χ1n) is 6.45. The van der Waals surface area contributed by atoms with Gasteiger partial charge in [-0.15, -0.1) is 10.2 Å². The number of nitrogens with zero attached hydrogens (tertiary/aromatic N) is 3. The van der Waals surface area contributed by atoms with E-state index in [0.717, 1.165) is 16.8 Å². The number of amides is 1. The predicted octanol–water partition coefficient (Wildman–Crippen LogP) is 2.43. The number of nitrogens with one attached hydrogen (secondary N) is 2. The quantitative estimate of drug-likeness (QED) is 0.771. The number of rotatable bonds is 3. The van der Waals surface area contributed by atoms with Crippen molar-refractivity contribution in [3.8, 4) is 11.4 Å². The van der Waals surface area contributed by atoms with E-state index in [1.807, 2.05) is 49.4 Å². The Bertz CT molecular complexity index is 750. The summed E-state index contributed by atoms with van der Waals surface area (Å²) < 4.78 is 0. The molecule has 104 valence electrons. The summed E-state index contributed by atoms with van der Waals surface area (Å²) in [5, 5.41) is 16.6. The van der Waals surface area contributed by atoms with Gasteiger partial charge in [-0.3, -0.25) is 4.79 Å². The summed E-state index contributed by atoms with van der Waals surface area (Å²) in [6.45, 7) is 1.91. The van der Waals surface area contributed by atoms with E-state index in [4.69, 9.17) is 0 Å². The molecule has 0 unspecified atom stereocenters. The zero-order valence-electron chi connectivity index (χ0n) is 11.4. The number of H-pyrrole nitrogens is 1. The van der Waals surface area contributed by atoms with E-state index < -0.39 is 0 Å². The summed E-state index contributed by atoms with van der Waals surface area (Å²) in [5.74, 6) is 0.396. The van der Waals surface area contributed by atoms with Crippen molar-refractivity contribution < 1.29 is 4.79 Å². The van der Waals surface area contributed by atoms with E-state index in [-0.39, 0.29) is 5.91 Å². The second-order valence-corrected chi connectivity index (χ2v) is 4.58. The van der Waals surface area contributed by atoms with Crippen LogP contribution < -0.4 is 5.32 Å². The third-order valence-corrected chi connectivity index (χ3v) is 3.14. The van der Waals surface area contributed by atoms with E-state index in [2.05, 4.69) is 25.9 Å². The van der Waals surface area contributed by atoms with E-state index >= 15 is 0 Å². The molecule has 0 fully saturated rings. The Morgan fingerprint density at radius 3 is 2.52 bits per heavy atom. The zero-order valence-corrected chi connectivity index (χ0v) is 11.4. The molecule has 0 atom stereocenters. The Morgan fingerprint density at radius 2 is 1.86 bits per heavy atom. The minimum atomic E-state index is -0.125. The molecular formula is C15H13N5O. The second kappa shape index (κ2) is 5.54. The Kier molecular flexibility index (Phi) is 3.42. The van der Waals surface area contributed by atoms with Crippen molar-refractivity contribution >= 4 is 11.6 Å². The van der Waals surface area contributed by atoms with Gasteiger partial charge in [0.05, 0.1) is 0 Å². The summed E-state index contributed by atoms with van der Waals surface area (Å²) >= 11 is 0. The SMILES string of the molecule is Cc1ccccc1C(=O)Nc1ccc(-c2nn[nH]n2)cc1. The molecule has 21 heavy (non-hydrogen) atoms. The van der Waals surface area contributed by atoms with Crippen LogP contribution in [0.3, 0.4) is 0 Å². The maximum atomic E-state index is 12.2. The fourth-order valence-electron chi connectivity index (χ4n) is 2.01. The highest BCUT2D eigenvalue weighted by molar-refractivity contribution is 6.05. The predicted molar refractivity (Wildman–Crippen MR) is 78.7 cm³/mol.